The Bertz CT molecular complexity index is 1050. The quantitative estimate of drug-likeness (QED) is 0.490. The Balaban J connectivity index is 0.000000592. The SMILES string of the molecule is COC(=O)c1cccnc1C(F)(F)F.COc1cc(OC)nc(NC(=O)N=S(=O)=O)n1.[NaH]. The molecule has 12 nitrogen and oxygen atoms in total. The molecule has 0 fully saturated rings. The number of carbonyl (C=O) groups excluding carboxylic acids is 2. The molecular weight excluding hydrogens is 474 g/mol. The van der Waals surface area contributed by atoms with E-state index >= 15 is 0 Å². The second kappa shape index (κ2) is 13.6. The first-order chi connectivity index (χ1) is 14.5. The van der Waals surface area contributed by atoms with Gasteiger partial charge in [0.1, 0.15) is 0 Å². The summed E-state index contributed by atoms with van der Waals surface area (Å²) in [5.74, 6) is -0.934. The van der Waals surface area contributed by atoms with E-state index in [-0.39, 0.29) is 47.3 Å². The van der Waals surface area contributed by atoms with Crippen LogP contribution < -0.4 is 14.8 Å². The molecule has 0 bridgehead atoms. The predicted molar refractivity (Wildman–Crippen MR) is 103 cm³/mol. The van der Waals surface area contributed by atoms with Crippen molar-refractivity contribution in [1.82, 2.24) is 15.0 Å². The van der Waals surface area contributed by atoms with Crippen molar-refractivity contribution in [3.63, 3.8) is 0 Å². The maximum atomic E-state index is 12.3. The third-order valence-electron chi connectivity index (χ3n) is 2.96. The second-order valence-corrected chi connectivity index (χ2v) is 5.52. The molecule has 0 aromatic carbocycles. The van der Waals surface area contributed by atoms with E-state index in [0.717, 1.165) is 19.4 Å². The van der Waals surface area contributed by atoms with Crippen LogP contribution in [0, 0.1) is 0 Å². The summed E-state index contributed by atoms with van der Waals surface area (Å²) in [7, 11) is 0.902. The minimum absolute atomic E-state index is 0. The number of amides is 2. The molecule has 32 heavy (non-hydrogen) atoms. The summed E-state index contributed by atoms with van der Waals surface area (Å²) in [6, 6.07) is 2.52. The Hall–Kier alpha value is -2.82. The first-order valence-electron chi connectivity index (χ1n) is 7.71. The van der Waals surface area contributed by atoms with Gasteiger partial charge in [0, 0.05) is 6.20 Å². The van der Waals surface area contributed by atoms with E-state index in [1.807, 2.05) is 5.32 Å². The first kappa shape index (κ1) is 29.2. The standard InChI is InChI=1S/C8H6F3NO2.C7H8N4O5S.Na.H/c1-14-7(13)5-3-2-4-12-6(5)8(9,10)11;1-15-4-3-5(16-2)9-6(8-4)10-7(12)11-17(13)14;;/h2-4H,1H3;3H,1-2H3,(H,8,9,10,12);;. The Morgan fingerprint density at radius 1 is 1.09 bits per heavy atom. The zero-order valence-corrected chi connectivity index (χ0v) is 16.8. The number of carbonyl (C=O) groups is 2. The van der Waals surface area contributed by atoms with Crippen molar-refractivity contribution >= 4 is 58.0 Å². The molecule has 0 saturated carbocycles. The van der Waals surface area contributed by atoms with Crippen LogP contribution in [0.15, 0.2) is 28.8 Å². The van der Waals surface area contributed by atoms with Crippen molar-refractivity contribution in [1.29, 1.82) is 0 Å². The molecule has 0 radical (unpaired) electrons. The van der Waals surface area contributed by atoms with Crippen molar-refractivity contribution in [3.8, 4) is 11.8 Å². The van der Waals surface area contributed by atoms with Gasteiger partial charge < -0.3 is 14.2 Å². The molecule has 0 saturated heterocycles. The summed E-state index contributed by atoms with van der Waals surface area (Å²) in [5.41, 5.74) is -1.81. The number of alkyl halides is 3. The Morgan fingerprint density at radius 3 is 2.09 bits per heavy atom. The van der Waals surface area contributed by atoms with Gasteiger partial charge in [0.15, 0.2) is 5.69 Å². The van der Waals surface area contributed by atoms with Gasteiger partial charge >= 0.3 is 58.2 Å². The number of pyridine rings is 1. The van der Waals surface area contributed by atoms with E-state index in [0.29, 0.717) is 0 Å². The average molecular weight is 489 g/mol. The monoisotopic (exact) mass is 489 g/mol. The van der Waals surface area contributed by atoms with Crippen LogP contribution in [0.5, 0.6) is 11.8 Å². The number of aromatic nitrogens is 3. The number of hydrogen-bond donors (Lipinski definition) is 1. The molecule has 1 N–H and O–H groups in total. The molecular formula is C15H15F3N5NaO7S. The van der Waals surface area contributed by atoms with E-state index in [1.165, 1.54) is 26.4 Å². The topological polar surface area (TPSA) is 159 Å². The van der Waals surface area contributed by atoms with Crippen molar-refractivity contribution < 1.29 is 45.4 Å². The van der Waals surface area contributed by atoms with E-state index in [9.17, 15) is 31.2 Å². The number of rotatable bonds is 4. The predicted octanol–water partition coefficient (Wildman–Crippen LogP) is 1.33. The molecule has 0 aliphatic rings. The van der Waals surface area contributed by atoms with Crippen LogP contribution in [0.4, 0.5) is 23.9 Å². The molecule has 2 rings (SSSR count). The van der Waals surface area contributed by atoms with Crippen molar-refractivity contribution in [3.05, 3.63) is 35.7 Å². The second-order valence-electron chi connectivity index (χ2n) is 4.90. The number of nitrogens with one attached hydrogen (secondary N) is 1. The summed E-state index contributed by atoms with van der Waals surface area (Å²) in [6.07, 6.45) is -3.68. The fraction of sp³-hybridized carbons (Fsp3) is 0.267. The van der Waals surface area contributed by atoms with Crippen molar-refractivity contribution in [2.75, 3.05) is 26.6 Å². The van der Waals surface area contributed by atoms with Gasteiger partial charge in [-0.2, -0.15) is 31.6 Å². The molecule has 2 amide bonds. The third kappa shape index (κ3) is 9.54. The van der Waals surface area contributed by atoms with E-state index in [2.05, 4.69) is 24.1 Å². The molecule has 2 aromatic rings. The molecule has 0 unspecified atom stereocenters. The fourth-order valence-electron chi connectivity index (χ4n) is 1.76. The normalized spacial score (nSPS) is 9.81. The molecule has 0 spiro atoms. The third-order valence-corrected chi connectivity index (χ3v) is 3.27. The molecule has 170 valence electrons. The van der Waals surface area contributed by atoms with Crippen molar-refractivity contribution in [2.45, 2.75) is 6.18 Å². The number of nitrogens with zero attached hydrogens (tertiary/aromatic N) is 4. The summed E-state index contributed by atoms with van der Waals surface area (Å²) in [6.45, 7) is 0. The van der Waals surface area contributed by atoms with Crippen LogP contribution in [0.25, 0.3) is 0 Å². The molecule has 0 aliphatic carbocycles. The van der Waals surface area contributed by atoms with Crippen LogP contribution in [0.3, 0.4) is 0 Å². The van der Waals surface area contributed by atoms with Crippen LogP contribution in [0.1, 0.15) is 16.1 Å². The molecule has 17 heteroatoms. The number of halogens is 3. The Kier molecular flexibility index (Phi) is 12.4. The van der Waals surface area contributed by atoms with Gasteiger partial charge in [-0.15, -0.1) is 0 Å². The van der Waals surface area contributed by atoms with E-state index in [4.69, 9.17) is 9.47 Å². The summed E-state index contributed by atoms with van der Waals surface area (Å²) in [5, 5.41) is 2.04. The van der Waals surface area contributed by atoms with Crippen LogP contribution >= 0.6 is 0 Å². The number of anilines is 1. The molecule has 0 aliphatic heterocycles. The van der Waals surface area contributed by atoms with E-state index < -0.39 is 39.9 Å². The van der Waals surface area contributed by atoms with Crippen LogP contribution in [-0.4, -0.2) is 86.3 Å². The van der Waals surface area contributed by atoms with Gasteiger partial charge in [0.25, 0.3) is 0 Å². The van der Waals surface area contributed by atoms with Crippen LogP contribution in [-0.2, 0) is 21.4 Å². The van der Waals surface area contributed by atoms with Gasteiger partial charge in [-0.05, 0) is 12.1 Å². The number of urea groups is 1. The number of hydrogen-bond acceptors (Lipinski definition) is 10. The van der Waals surface area contributed by atoms with Gasteiger partial charge in [-0.3, -0.25) is 10.3 Å². The summed E-state index contributed by atoms with van der Waals surface area (Å²) in [4.78, 5) is 32.5. The number of ether oxygens (including phenoxy) is 3. The molecule has 2 heterocycles. The van der Waals surface area contributed by atoms with Crippen LogP contribution in [0.2, 0.25) is 0 Å². The minimum atomic E-state index is -4.65. The number of methoxy groups -OCH3 is 3. The van der Waals surface area contributed by atoms with E-state index in [1.54, 1.807) is 0 Å². The van der Waals surface area contributed by atoms with Gasteiger partial charge in [0.2, 0.25) is 17.7 Å². The molecule has 2 aromatic heterocycles. The zero-order chi connectivity index (χ0) is 23.6. The Labute approximate surface area is 202 Å². The van der Waals surface area contributed by atoms with Gasteiger partial charge in [-0.25, -0.2) is 9.59 Å². The molecule has 0 atom stereocenters. The fourth-order valence-corrected chi connectivity index (χ4v) is 1.94. The van der Waals surface area contributed by atoms with Gasteiger partial charge in [-0.1, -0.05) is 4.36 Å². The zero-order valence-electron chi connectivity index (χ0n) is 16.0. The maximum absolute atomic E-state index is 12.3. The van der Waals surface area contributed by atoms with Crippen molar-refractivity contribution in [2.24, 2.45) is 4.36 Å². The van der Waals surface area contributed by atoms with Gasteiger partial charge in [0.05, 0.1) is 33.0 Å². The Morgan fingerprint density at radius 2 is 1.66 bits per heavy atom. The first-order valence-corrected chi connectivity index (χ1v) is 8.74. The average Bonchev–Trinajstić information content (AvgIpc) is 2.72. The number of esters is 1. The summed E-state index contributed by atoms with van der Waals surface area (Å²) < 4.78 is 73.6. The summed E-state index contributed by atoms with van der Waals surface area (Å²) >= 11 is 0.